The van der Waals surface area contributed by atoms with E-state index in [-0.39, 0.29) is 11.6 Å². The van der Waals surface area contributed by atoms with Crippen molar-refractivity contribution in [3.05, 3.63) is 59.0 Å². The van der Waals surface area contributed by atoms with E-state index in [1.54, 1.807) is 20.1 Å². The molecule has 1 saturated heterocycles. The molecule has 0 radical (unpaired) electrons. The second kappa shape index (κ2) is 7.67. The Morgan fingerprint density at radius 2 is 2.03 bits per heavy atom. The normalized spacial score (nSPS) is 18.3. The number of rotatable bonds is 4. The van der Waals surface area contributed by atoms with Gasteiger partial charge in [0.25, 0.3) is 0 Å². The molecule has 8 heteroatoms. The van der Waals surface area contributed by atoms with Crippen molar-refractivity contribution in [2.75, 3.05) is 20.2 Å². The number of methoxy groups -OCH3 is 1. The van der Waals surface area contributed by atoms with E-state index in [1.165, 1.54) is 6.07 Å². The van der Waals surface area contributed by atoms with Gasteiger partial charge in [-0.05, 0) is 50.1 Å². The first kappa shape index (κ1) is 19.7. The number of halogens is 3. The number of ether oxygens (including phenoxy) is 1. The number of nitrogens with zero attached hydrogens (tertiary/aromatic N) is 4. The fourth-order valence-corrected chi connectivity index (χ4v) is 3.99. The van der Waals surface area contributed by atoms with Crippen molar-refractivity contribution in [2.45, 2.75) is 38.4 Å². The maximum atomic E-state index is 13.6. The summed E-state index contributed by atoms with van der Waals surface area (Å²) in [6.45, 7) is 3.98. The van der Waals surface area contributed by atoms with Crippen LogP contribution >= 0.6 is 0 Å². The Morgan fingerprint density at radius 1 is 1.21 bits per heavy atom. The van der Waals surface area contributed by atoms with E-state index in [1.807, 2.05) is 24.3 Å². The summed E-state index contributed by atoms with van der Waals surface area (Å²) >= 11 is 0. The van der Waals surface area contributed by atoms with Crippen molar-refractivity contribution in [2.24, 2.45) is 0 Å². The number of hydrogen-bond acceptors (Lipinski definition) is 4. The molecule has 1 atom stereocenters. The van der Waals surface area contributed by atoms with Crippen LogP contribution in [0.4, 0.5) is 13.2 Å². The lowest BCUT2D eigenvalue weighted by Crippen LogP contribution is -2.34. The van der Waals surface area contributed by atoms with Crippen LogP contribution in [0.1, 0.15) is 41.4 Å². The second-order valence-corrected chi connectivity index (χ2v) is 7.55. The van der Waals surface area contributed by atoms with Crippen LogP contribution in [0.5, 0.6) is 5.75 Å². The van der Waals surface area contributed by atoms with Crippen LogP contribution in [0.2, 0.25) is 0 Å². The van der Waals surface area contributed by atoms with Gasteiger partial charge in [-0.25, -0.2) is 9.50 Å². The number of alkyl halides is 3. The van der Waals surface area contributed by atoms with Crippen LogP contribution < -0.4 is 4.74 Å². The molecule has 0 bridgehead atoms. The van der Waals surface area contributed by atoms with Gasteiger partial charge in [0.2, 0.25) is 0 Å². The lowest BCUT2D eigenvalue weighted by molar-refractivity contribution is -0.142. The molecule has 0 N–H and O–H groups in total. The molecular formula is C21H23F3N4O. The molecule has 154 valence electrons. The monoisotopic (exact) mass is 404 g/mol. The van der Waals surface area contributed by atoms with E-state index in [2.05, 4.69) is 15.0 Å². The number of aromatic nitrogens is 3. The van der Waals surface area contributed by atoms with Crippen LogP contribution in [0.25, 0.3) is 5.65 Å². The smallest absolute Gasteiger partial charge is 0.433 e. The van der Waals surface area contributed by atoms with Crippen LogP contribution in [-0.2, 0) is 12.7 Å². The van der Waals surface area contributed by atoms with E-state index in [4.69, 9.17) is 4.74 Å². The lowest BCUT2D eigenvalue weighted by atomic mass is 9.93. The quantitative estimate of drug-likeness (QED) is 0.645. The molecule has 1 fully saturated rings. The third-order valence-electron chi connectivity index (χ3n) is 5.32. The number of piperidine rings is 1. The number of fused-ring (bicyclic) bond motifs is 1. The Labute approximate surface area is 167 Å². The van der Waals surface area contributed by atoms with E-state index in [9.17, 15) is 13.2 Å². The molecular weight excluding hydrogens is 381 g/mol. The fraction of sp³-hybridized carbons (Fsp3) is 0.429. The third-order valence-corrected chi connectivity index (χ3v) is 5.32. The Bertz CT molecular complexity index is 1010. The maximum Gasteiger partial charge on any atom is 0.433 e. The average molecular weight is 404 g/mol. The number of benzene rings is 1. The minimum Gasteiger partial charge on any atom is -0.497 e. The standard InChI is InChI=1S/C21H23F3N4O/c1-14-9-20-25-18(11-19(21(22,23)24)28(20)26-14)16-6-4-8-27(13-16)12-15-5-3-7-17(10-15)29-2/h3,5,7,9-11,16H,4,6,8,12-13H2,1-2H3/t16-/m0/s1. The highest BCUT2D eigenvalue weighted by atomic mass is 19.4. The van der Waals surface area contributed by atoms with Crippen molar-refractivity contribution in [3.8, 4) is 5.75 Å². The Morgan fingerprint density at radius 3 is 2.79 bits per heavy atom. The van der Waals surface area contributed by atoms with E-state index in [0.29, 0.717) is 17.9 Å². The van der Waals surface area contributed by atoms with Gasteiger partial charge in [0.1, 0.15) is 11.4 Å². The maximum absolute atomic E-state index is 13.6. The van der Waals surface area contributed by atoms with Gasteiger partial charge in [0.05, 0.1) is 12.8 Å². The first-order valence-electron chi connectivity index (χ1n) is 9.63. The highest BCUT2D eigenvalue weighted by Gasteiger charge is 2.36. The Kier molecular flexibility index (Phi) is 5.21. The van der Waals surface area contributed by atoms with Crippen molar-refractivity contribution < 1.29 is 17.9 Å². The average Bonchev–Trinajstić information content (AvgIpc) is 3.06. The zero-order valence-electron chi connectivity index (χ0n) is 16.4. The molecule has 1 aliphatic rings. The predicted molar refractivity (Wildman–Crippen MR) is 103 cm³/mol. The zero-order valence-corrected chi connectivity index (χ0v) is 16.4. The summed E-state index contributed by atoms with van der Waals surface area (Å²) in [7, 11) is 1.63. The minimum absolute atomic E-state index is 0.0457. The highest BCUT2D eigenvalue weighted by molar-refractivity contribution is 5.43. The molecule has 4 rings (SSSR count). The topological polar surface area (TPSA) is 42.7 Å². The van der Waals surface area contributed by atoms with Gasteiger partial charge in [-0.2, -0.15) is 18.3 Å². The minimum atomic E-state index is -4.48. The molecule has 3 heterocycles. The molecule has 1 aliphatic heterocycles. The van der Waals surface area contributed by atoms with Crippen molar-refractivity contribution in [3.63, 3.8) is 0 Å². The molecule has 2 aromatic heterocycles. The van der Waals surface area contributed by atoms with Crippen molar-refractivity contribution in [1.82, 2.24) is 19.5 Å². The first-order valence-corrected chi connectivity index (χ1v) is 9.63. The summed E-state index contributed by atoms with van der Waals surface area (Å²) in [6.07, 6.45) is -2.74. The van der Waals surface area contributed by atoms with Gasteiger partial charge in [-0.1, -0.05) is 12.1 Å². The summed E-state index contributed by atoms with van der Waals surface area (Å²) in [5, 5.41) is 3.96. The van der Waals surface area contributed by atoms with E-state index >= 15 is 0 Å². The van der Waals surface area contributed by atoms with Gasteiger partial charge < -0.3 is 4.74 Å². The molecule has 0 spiro atoms. The number of hydrogen-bond donors (Lipinski definition) is 0. The molecule has 0 aliphatic carbocycles. The van der Waals surface area contributed by atoms with Crippen LogP contribution in [-0.4, -0.2) is 39.7 Å². The number of aryl methyl sites for hydroxylation is 1. The third kappa shape index (κ3) is 4.22. The lowest BCUT2D eigenvalue weighted by Gasteiger charge is -2.32. The predicted octanol–water partition coefficient (Wildman–Crippen LogP) is 4.44. The van der Waals surface area contributed by atoms with Crippen molar-refractivity contribution >= 4 is 5.65 Å². The van der Waals surface area contributed by atoms with Gasteiger partial charge in [-0.3, -0.25) is 4.90 Å². The van der Waals surface area contributed by atoms with E-state index in [0.717, 1.165) is 41.8 Å². The molecule has 3 aromatic rings. The molecule has 0 unspecified atom stereocenters. The summed E-state index contributed by atoms with van der Waals surface area (Å²) in [6, 6.07) is 10.6. The van der Waals surface area contributed by atoms with Gasteiger partial charge in [0, 0.05) is 30.8 Å². The Hall–Kier alpha value is -2.61. The summed E-state index contributed by atoms with van der Waals surface area (Å²) < 4.78 is 47.0. The molecule has 5 nitrogen and oxygen atoms in total. The summed E-state index contributed by atoms with van der Waals surface area (Å²) in [5.74, 6) is 0.754. The summed E-state index contributed by atoms with van der Waals surface area (Å²) in [4.78, 5) is 6.78. The van der Waals surface area contributed by atoms with Gasteiger partial charge in [-0.15, -0.1) is 0 Å². The largest absolute Gasteiger partial charge is 0.497 e. The summed E-state index contributed by atoms with van der Waals surface area (Å²) in [5.41, 5.74) is 1.60. The molecule has 0 amide bonds. The highest BCUT2D eigenvalue weighted by Crippen LogP contribution is 2.34. The SMILES string of the molecule is COc1cccc(CN2CCC[C@H](c3cc(C(F)(F)F)n4nc(C)cc4n3)C2)c1. The first-order chi connectivity index (χ1) is 13.8. The molecule has 0 saturated carbocycles. The Balaban J connectivity index is 1.60. The van der Waals surface area contributed by atoms with Crippen LogP contribution in [0.3, 0.4) is 0 Å². The van der Waals surface area contributed by atoms with E-state index < -0.39 is 11.9 Å². The van der Waals surface area contributed by atoms with Crippen molar-refractivity contribution in [1.29, 1.82) is 0 Å². The van der Waals surface area contributed by atoms with Gasteiger partial charge in [0.15, 0.2) is 5.65 Å². The fourth-order valence-electron chi connectivity index (χ4n) is 3.99. The number of likely N-dealkylation sites (tertiary alicyclic amines) is 1. The second-order valence-electron chi connectivity index (χ2n) is 7.55. The van der Waals surface area contributed by atoms with Crippen LogP contribution in [0.15, 0.2) is 36.4 Å². The van der Waals surface area contributed by atoms with Crippen LogP contribution in [0, 0.1) is 6.92 Å². The zero-order chi connectivity index (χ0) is 20.6. The molecule has 1 aromatic carbocycles. The molecule has 29 heavy (non-hydrogen) atoms. The van der Waals surface area contributed by atoms with Gasteiger partial charge >= 0.3 is 6.18 Å².